The highest BCUT2D eigenvalue weighted by molar-refractivity contribution is 7.99. The van der Waals surface area contributed by atoms with Crippen LogP contribution >= 0.6 is 11.8 Å². The lowest BCUT2D eigenvalue weighted by atomic mass is 9.75. The van der Waals surface area contributed by atoms with Gasteiger partial charge in [-0.3, -0.25) is 4.79 Å². The van der Waals surface area contributed by atoms with Gasteiger partial charge in [-0.15, -0.1) is 0 Å². The first-order chi connectivity index (χ1) is 10.8. The molecule has 0 fully saturated rings. The zero-order valence-corrected chi connectivity index (χ0v) is 14.9. The molecule has 3 rings (SSSR count). The molecule has 1 N–H and O–H groups in total. The van der Waals surface area contributed by atoms with E-state index >= 15 is 0 Å². The van der Waals surface area contributed by atoms with Crippen LogP contribution in [0.25, 0.3) is 0 Å². The van der Waals surface area contributed by atoms with Crippen molar-refractivity contribution < 1.29 is 9.21 Å². The summed E-state index contributed by atoms with van der Waals surface area (Å²) in [4.78, 5) is 16.6. The van der Waals surface area contributed by atoms with E-state index in [0.717, 1.165) is 35.1 Å². The van der Waals surface area contributed by atoms with Crippen LogP contribution in [0.2, 0.25) is 0 Å². The van der Waals surface area contributed by atoms with E-state index in [9.17, 15) is 4.79 Å². The van der Waals surface area contributed by atoms with E-state index in [4.69, 9.17) is 4.42 Å². The fourth-order valence-electron chi connectivity index (χ4n) is 3.17. The monoisotopic (exact) mass is 333 g/mol. The first-order valence-corrected chi connectivity index (χ1v) is 8.81. The number of amides is 1. The molecule has 0 spiro atoms. The van der Waals surface area contributed by atoms with Crippen LogP contribution in [-0.2, 0) is 18.3 Å². The Balaban J connectivity index is 1.67. The predicted molar refractivity (Wildman–Crippen MR) is 90.4 cm³/mol. The maximum atomic E-state index is 12.3. The number of hydrogen-bond donors (Lipinski definition) is 1. The van der Waals surface area contributed by atoms with Gasteiger partial charge in [0.05, 0.1) is 11.8 Å². The van der Waals surface area contributed by atoms with Gasteiger partial charge in [0.15, 0.2) is 5.16 Å². The highest BCUT2D eigenvalue weighted by atomic mass is 32.2. The minimum Gasteiger partial charge on any atom is -0.466 e. The minimum absolute atomic E-state index is 0.0284. The molecule has 0 aromatic carbocycles. The summed E-state index contributed by atoms with van der Waals surface area (Å²) in [7, 11) is 1.93. The largest absolute Gasteiger partial charge is 0.466 e. The number of nitrogens with zero attached hydrogens (tertiary/aromatic N) is 2. The van der Waals surface area contributed by atoms with Gasteiger partial charge in [-0.2, -0.15) is 0 Å². The number of aromatic nitrogens is 2. The van der Waals surface area contributed by atoms with Gasteiger partial charge in [-0.05, 0) is 24.8 Å². The Hall–Kier alpha value is -1.69. The van der Waals surface area contributed by atoms with Crippen molar-refractivity contribution >= 4 is 17.7 Å². The van der Waals surface area contributed by atoms with Crippen LogP contribution in [-0.4, -0.2) is 21.2 Å². The molecule has 2 heterocycles. The third kappa shape index (κ3) is 3.63. The molecule has 6 heteroatoms. The van der Waals surface area contributed by atoms with Crippen LogP contribution in [0.1, 0.15) is 43.4 Å². The lowest BCUT2D eigenvalue weighted by Crippen LogP contribution is -2.36. The standard InChI is InChI=1S/C17H23N3O2S/c1-11-7-12-13(8-17(2,3)9-14(12)22-11)19-15(21)10-23-16-18-5-6-20(16)4/h5-7,13H,8-10H2,1-4H3,(H,19,21)/t13-/m1/s1. The molecule has 0 aliphatic heterocycles. The summed E-state index contributed by atoms with van der Waals surface area (Å²) in [6, 6.07) is 2.09. The Morgan fingerprint density at radius 1 is 1.57 bits per heavy atom. The van der Waals surface area contributed by atoms with E-state index < -0.39 is 0 Å². The van der Waals surface area contributed by atoms with Crippen LogP contribution in [0, 0.1) is 12.3 Å². The average Bonchev–Trinajstić information content (AvgIpc) is 3.00. The van der Waals surface area contributed by atoms with Gasteiger partial charge < -0.3 is 14.3 Å². The highest BCUT2D eigenvalue weighted by Gasteiger charge is 2.35. The number of imidazole rings is 1. The van der Waals surface area contributed by atoms with E-state index in [1.807, 2.05) is 24.7 Å². The van der Waals surface area contributed by atoms with Gasteiger partial charge in [0.2, 0.25) is 5.91 Å². The van der Waals surface area contributed by atoms with Crippen LogP contribution in [0.15, 0.2) is 28.0 Å². The molecule has 23 heavy (non-hydrogen) atoms. The molecular weight excluding hydrogens is 310 g/mol. The molecule has 1 aliphatic rings. The molecule has 2 aromatic rings. The van der Waals surface area contributed by atoms with Crippen molar-refractivity contribution in [1.29, 1.82) is 0 Å². The van der Waals surface area contributed by atoms with Crippen molar-refractivity contribution in [3.63, 3.8) is 0 Å². The number of thioether (sulfide) groups is 1. The molecule has 1 amide bonds. The van der Waals surface area contributed by atoms with Crippen molar-refractivity contribution in [1.82, 2.24) is 14.9 Å². The topological polar surface area (TPSA) is 60.1 Å². The van der Waals surface area contributed by atoms with E-state index in [-0.39, 0.29) is 17.4 Å². The molecule has 1 atom stereocenters. The second kappa shape index (κ2) is 6.07. The summed E-state index contributed by atoms with van der Waals surface area (Å²) in [6.45, 7) is 6.40. The zero-order valence-electron chi connectivity index (χ0n) is 14.0. The molecule has 0 bridgehead atoms. The summed E-state index contributed by atoms with van der Waals surface area (Å²) in [5.74, 6) is 2.33. The number of nitrogens with one attached hydrogen (secondary N) is 1. The number of aryl methyl sites for hydroxylation is 2. The summed E-state index contributed by atoms with van der Waals surface area (Å²) < 4.78 is 7.73. The molecule has 0 radical (unpaired) electrons. The molecule has 0 saturated carbocycles. The third-order valence-electron chi connectivity index (χ3n) is 4.18. The van der Waals surface area contributed by atoms with Crippen LogP contribution in [0.5, 0.6) is 0 Å². The van der Waals surface area contributed by atoms with Crippen molar-refractivity contribution in [3.8, 4) is 0 Å². The van der Waals surface area contributed by atoms with E-state index in [0.29, 0.717) is 5.75 Å². The first-order valence-electron chi connectivity index (χ1n) is 7.83. The quantitative estimate of drug-likeness (QED) is 0.873. The number of hydrogen-bond acceptors (Lipinski definition) is 4. The summed E-state index contributed by atoms with van der Waals surface area (Å²) in [6.07, 6.45) is 5.47. The molecule has 124 valence electrons. The van der Waals surface area contributed by atoms with Crippen molar-refractivity contribution in [2.75, 3.05) is 5.75 Å². The third-order valence-corrected chi connectivity index (χ3v) is 5.24. The van der Waals surface area contributed by atoms with Gasteiger partial charge in [-0.25, -0.2) is 4.98 Å². The van der Waals surface area contributed by atoms with Crippen molar-refractivity contribution in [2.24, 2.45) is 12.5 Å². The van der Waals surface area contributed by atoms with Crippen molar-refractivity contribution in [3.05, 3.63) is 35.5 Å². The van der Waals surface area contributed by atoms with E-state index in [1.165, 1.54) is 11.8 Å². The second-order valence-corrected chi connectivity index (χ2v) is 7.95. The highest BCUT2D eigenvalue weighted by Crippen LogP contribution is 2.42. The molecule has 1 aliphatic carbocycles. The number of carbonyl (C=O) groups excluding carboxylic acids is 1. The second-order valence-electron chi connectivity index (χ2n) is 7.01. The smallest absolute Gasteiger partial charge is 0.230 e. The Morgan fingerprint density at radius 3 is 3.04 bits per heavy atom. The van der Waals surface area contributed by atoms with E-state index in [2.05, 4.69) is 30.2 Å². The fourth-order valence-corrected chi connectivity index (χ4v) is 3.91. The van der Waals surface area contributed by atoms with Gasteiger partial charge in [-0.1, -0.05) is 25.6 Å². The lowest BCUT2D eigenvalue weighted by Gasteiger charge is -2.34. The Labute approximate surface area is 140 Å². The van der Waals surface area contributed by atoms with Gasteiger partial charge in [0.25, 0.3) is 0 Å². The molecule has 0 unspecified atom stereocenters. The Bertz CT molecular complexity index is 717. The Morgan fingerprint density at radius 2 is 2.35 bits per heavy atom. The molecule has 5 nitrogen and oxygen atoms in total. The maximum absolute atomic E-state index is 12.3. The first kappa shape index (κ1) is 16.2. The number of carbonyl (C=O) groups is 1. The molecule has 0 saturated heterocycles. The molecule has 2 aromatic heterocycles. The van der Waals surface area contributed by atoms with Crippen LogP contribution in [0.4, 0.5) is 0 Å². The number of fused-ring (bicyclic) bond motifs is 1. The van der Waals surface area contributed by atoms with Crippen LogP contribution in [0.3, 0.4) is 0 Å². The summed E-state index contributed by atoms with van der Waals surface area (Å²) >= 11 is 1.45. The maximum Gasteiger partial charge on any atom is 0.230 e. The number of furan rings is 1. The zero-order chi connectivity index (χ0) is 16.6. The SMILES string of the molecule is Cc1cc2c(o1)CC(C)(C)C[C@H]2NC(=O)CSc1nccn1C. The van der Waals surface area contributed by atoms with Gasteiger partial charge in [0, 0.05) is 31.4 Å². The fraction of sp³-hybridized carbons (Fsp3) is 0.529. The van der Waals surface area contributed by atoms with Crippen LogP contribution < -0.4 is 5.32 Å². The number of rotatable bonds is 4. The average molecular weight is 333 g/mol. The minimum atomic E-state index is 0.0284. The summed E-state index contributed by atoms with van der Waals surface area (Å²) in [5, 5.41) is 4.02. The normalized spacial score (nSPS) is 19.4. The van der Waals surface area contributed by atoms with Crippen molar-refractivity contribution in [2.45, 2.75) is 44.8 Å². The van der Waals surface area contributed by atoms with E-state index in [1.54, 1.807) is 6.20 Å². The summed E-state index contributed by atoms with van der Waals surface area (Å²) in [5.41, 5.74) is 1.26. The predicted octanol–water partition coefficient (Wildman–Crippen LogP) is 3.24. The molecular formula is C17H23N3O2S. The van der Waals surface area contributed by atoms with Gasteiger partial charge in [0.1, 0.15) is 11.5 Å². The van der Waals surface area contributed by atoms with Gasteiger partial charge >= 0.3 is 0 Å². The lowest BCUT2D eigenvalue weighted by molar-refractivity contribution is -0.119. The Kier molecular flexibility index (Phi) is 4.27.